The highest BCUT2D eigenvalue weighted by Crippen LogP contribution is 2.20. The lowest BCUT2D eigenvalue weighted by atomic mass is 10.3. The van der Waals surface area contributed by atoms with Crippen LogP contribution in [0.1, 0.15) is 5.69 Å². The average Bonchev–Trinajstić information content (AvgIpc) is 2.34. The monoisotopic (exact) mass is 296 g/mol. The molecule has 0 saturated carbocycles. The van der Waals surface area contributed by atoms with Crippen molar-refractivity contribution in [3.05, 3.63) is 45.2 Å². The fourth-order valence-electron chi connectivity index (χ4n) is 1.18. The Hall–Kier alpha value is -2.61. The van der Waals surface area contributed by atoms with Gasteiger partial charge < -0.3 is 17.2 Å². The van der Waals surface area contributed by atoms with Gasteiger partial charge in [-0.1, -0.05) is 11.6 Å². The SMILES string of the molecule is Cc1ccc(N)c(N)n1.Nc1nc(Cl)ccc1[N+](=O)[O-]. The van der Waals surface area contributed by atoms with Gasteiger partial charge in [0.15, 0.2) is 0 Å². The van der Waals surface area contributed by atoms with Gasteiger partial charge in [0.1, 0.15) is 11.0 Å². The van der Waals surface area contributed by atoms with Crippen molar-refractivity contribution in [1.82, 2.24) is 9.97 Å². The molecule has 8 nitrogen and oxygen atoms in total. The quantitative estimate of drug-likeness (QED) is 0.412. The number of aryl methyl sites for hydroxylation is 1. The van der Waals surface area contributed by atoms with Gasteiger partial charge in [-0.25, -0.2) is 9.97 Å². The largest absolute Gasteiger partial charge is 0.396 e. The predicted molar refractivity (Wildman–Crippen MR) is 78.1 cm³/mol. The van der Waals surface area contributed by atoms with Crippen molar-refractivity contribution in [3.8, 4) is 0 Å². The second kappa shape index (κ2) is 6.53. The molecule has 2 aromatic rings. The van der Waals surface area contributed by atoms with E-state index < -0.39 is 4.92 Å². The number of hydrogen-bond acceptors (Lipinski definition) is 7. The molecule has 9 heteroatoms. The number of hydrogen-bond donors (Lipinski definition) is 3. The number of nitro groups is 1. The Kier molecular flexibility index (Phi) is 5.04. The summed E-state index contributed by atoms with van der Waals surface area (Å²) in [6.45, 7) is 1.87. The first-order valence-electron chi connectivity index (χ1n) is 5.36. The molecule has 0 unspecified atom stereocenters. The Bertz CT molecular complexity index is 634. The first-order chi connectivity index (χ1) is 9.31. The number of rotatable bonds is 1. The van der Waals surface area contributed by atoms with Crippen LogP contribution >= 0.6 is 11.6 Å². The van der Waals surface area contributed by atoms with Crippen LogP contribution in [-0.2, 0) is 0 Å². The number of halogens is 1. The summed E-state index contributed by atoms with van der Waals surface area (Å²) in [6.07, 6.45) is 0. The minimum absolute atomic E-state index is 0.146. The van der Waals surface area contributed by atoms with Crippen LogP contribution in [0.2, 0.25) is 5.15 Å². The summed E-state index contributed by atoms with van der Waals surface area (Å²) in [5.41, 5.74) is 17.2. The van der Waals surface area contributed by atoms with Gasteiger partial charge in [0.25, 0.3) is 0 Å². The molecule has 106 valence electrons. The first-order valence-corrected chi connectivity index (χ1v) is 5.74. The number of pyridine rings is 2. The van der Waals surface area contributed by atoms with Gasteiger partial charge in [0, 0.05) is 11.8 Å². The van der Waals surface area contributed by atoms with Crippen molar-refractivity contribution < 1.29 is 4.92 Å². The zero-order valence-corrected chi connectivity index (χ0v) is 11.3. The highest BCUT2D eigenvalue weighted by Gasteiger charge is 2.11. The molecule has 0 fully saturated rings. The Labute approximate surface area is 119 Å². The smallest absolute Gasteiger partial charge is 0.311 e. The van der Waals surface area contributed by atoms with E-state index in [4.69, 9.17) is 28.8 Å². The maximum Gasteiger partial charge on any atom is 0.311 e. The van der Waals surface area contributed by atoms with Gasteiger partial charge in [0.05, 0.1) is 10.6 Å². The van der Waals surface area contributed by atoms with Crippen LogP contribution in [0.15, 0.2) is 24.3 Å². The van der Waals surface area contributed by atoms with Gasteiger partial charge >= 0.3 is 5.69 Å². The average molecular weight is 297 g/mol. The van der Waals surface area contributed by atoms with Crippen molar-refractivity contribution in [2.75, 3.05) is 17.2 Å². The second-order valence-corrected chi connectivity index (χ2v) is 4.11. The van der Waals surface area contributed by atoms with E-state index in [0.29, 0.717) is 11.5 Å². The summed E-state index contributed by atoms with van der Waals surface area (Å²) in [7, 11) is 0. The van der Waals surface area contributed by atoms with Gasteiger partial charge in [-0.15, -0.1) is 0 Å². The third-order valence-electron chi connectivity index (χ3n) is 2.16. The highest BCUT2D eigenvalue weighted by atomic mass is 35.5. The summed E-state index contributed by atoms with van der Waals surface area (Å²) in [4.78, 5) is 17.0. The van der Waals surface area contributed by atoms with Crippen LogP contribution in [0.5, 0.6) is 0 Å². The third kappa shape index (κ3) is 4.25. The van der Waals surface area contributed by atoms with Gasteiger partial charge in [-0.05, 0) is 25.1 Å². The third-order valence-corrected chi connectivity index (χ3v) is 2.37. The number of nitrogens with two attached hydrogens (primary N) is 3. The van der Waals surface area contributed by atoms with Crippen LogP contribution in [0.25, 0.3) is 0 Å². The number of anilines is 3. The van der Waals surface area contributed by atoms with Gasteiger partial charge in [-0.2, -0.15) is 0 Å². The van der Waals surface area contributed by atoms with E-state index >= 15 is 0 Å². The lowest BCUT2D eigenvalue weighted by Crippen LogP contribution is -1.97. The Morgan fingerprint density at radius 1 is 1.10 bits per heavy atom. The maximum absolute atomic E-state index is 10.2. The molecule has 0 amide bonds. The van der Waals surface area contributed by atoms with Crippen molar-refractivity contribution in [2.24, 2.45) is 0 Å². The Morgan fingerprint density at radius 2 is 1.75 bits per heavy atom. The molecule has 0 aliphatic heterocycles. The van der Waals surface area contributed by atoms with Crippen LogP contribution in [0.3, 0.4) is 0 Å². The summed E-state index contributed by atoms with van der Waals surface area (Å²) in [5, 5.41) is 10.3. The molecule has 0 atom stereocenters. The predicted octanol–water partition coefficient (Wildman–Crippen LogP) is 1.78. The number of aromatic nitrogens is 2. The van der Waals surface area contributed by atoms with E-state index in [0.717, 1.165) is 5.69 Å². The number of nitrogens with zero attached hydrogens (tertiary/aromatic N) is 3. The summed E-state index contributed by atoms with van der Waals surface area (Å²) >= 11 is 5.41. The van der Waals surface area contributed by atoms with Crippen molar-refractivity contribution in [2.45, 2.75) is 6.92 Å². The van der Waals surface area contributed by atoms with Gasteiger partial charge in [0.2, 0.25) is 5.82 Å². The molecule has 2 heterocycles. The minimum Gasteiger partial charge on any atom is -0.396 e. The molecule has 0 aliphatic rings. The van der Waals surface area contributed by atoms with E-state index in [-0.39, 0.29) is 16.7 Å². The van der Waals surface area contributed by atoms with Crippen LogP contribution in [0.4, 0.5) is 23.0 Å². The Morgan fingerprint density at radius 3 is 2.20 bits per heavy atom. The lowest BCUT2D eigenvalue weighted by molar-refractivity contribution is -0.384. The molecule has 0 radical (unpaired) electrons. The van der Waals surface area contributed by atoms with E-state index in [9.17, 15) is 10.1 Å². The first kappa shape index (κ1) is 15.4. The molecule has 0 saturated heterocycles. The van der Waals surface area contributed by atoms with Crippen LogP contribution in [0, 0.1) is 17.0 Å². The van der Waals surface area contributed by atoms with Crippen molar-refractivity contribution in [1.29, 1.82) is 0 Å². The molecular formula is C11H13ClN6O2. The van der Waals surface area contributed by atoms with Crippen LogP contribution < -0.4 is 17.2 Å². The normalized spacial score (nSPS) is 9.50. The summed E-state index contributed by atoms with van der Waals surface area (Å²) in [6, 6.07) is 6.10. The zero-order valence-electron chi connectivity index (χ0n) is 10.6. The summed E-state index contributed by atoms with van der Waals surface area (Å²) < 4.78 is 0. The van der Waals surface area contributed by atoms with Gasteiger partial charge in [-0.3, -0.25) is 10.1 Å². The van der Waals surface area contributed by atoms with E-state index in [2.05, 4.69) is 9.97 Å². The van der Waals surface area contributed by atoms with E-state index in [1.165, 1.54) is 12.1 Å². The standard InChI is InChI=1S/C6H9N3.C5H4ClN3O2/c1-4-2-3-5(7)6(8)9-4;6-4-2-1-3(9(10)11)5(7)8-4/h2-3H,7H2,1H3,(H2,8,9);1-2H,(H2,7,8). The fourth-order valence-corrected chi connectivity index (χ4v) is 1.34. The van der Waals surface area contributed by atoms with Crippen LogP contribution in [-0.4, -0.2) is 14.9 Å². The molecule has 20 heavy (non-hydrogen) atoms. The second-order valence-electron chi connectivity index (χ2n) is 3.72. The molecule has 0 spiro atoms. The molecule has 2 rings (SSSR count). The lowest BCUT2D eigenvalue weighted by Gasteiger charge is -1.97. The minimum atomic E-state index is -0.612. The Balaban J connectivity index is 0.000000204. The van der Waals surface area contributed by atoms with Crippen molar-refractivity contribution >= 4 is 34.6 Å². The number of nitrogen functional groups attached to an aromatic ring is 3. The fraction of sp³-hybridized carbons (Fsp3) is 0.0909. The zero-order chi connectivity index (χ0) is 15.3. The molecule has 6 N–H and O–H groups in total. The highest BCUT2D eigenvalue weighted by molar-refractivity contribution is 6.29. The molecule has 0 bridgehead atoms. The molecule has 0 aromatic carbocycles. The molecular weight excluding hydrogens is 284 g/mol. The molecule has 0 aliphatic carbocycles. The maximum atomic E-state index is 10.2. The van der Waals surface area contributed by atoms with Crippen molar-refractivity contribution in [3.63, 3.8) is 0 Å². The molecule has 2 aromatic heterocycles. The topological polar surface area (TPSA) is 147 Å². The summed E-state index contributed by atoms with van der Waals surface area (Å²) in [5.74, 6) is 0.248. The van der Waals surface area contributed by atoms with E-state index in [1.807, 2.05) is 13.0 Å². The van der Waals surface area contributed by atoms with E-state index in [1.54, 1.807) is 6.07 Å².